The average Bonchev–Trinajstić information content (AvgIpc) is 2.64. The van der Waals surface area contributed by atoms with Crippen LogP contribution in [0.4, 0.5) is 17.2 Å². The summed E-state index contributed by atoms with van der Waals surface area (Å²) in [6.07, 6.45) is 1.57. The summed E-state index contributed by atoms with van der Waals surface area (Å²) in [5, 5.41) is 3.19. The lowest BCUT2D eigenvalue weighted by molar-refractivity contribution is 0.402. The largest absolute Gasteiger partial charge is 0.495 e. The van der Waals surface area contributed by atoms with Gasteiger partial charge in [-0.05, 0) is 48.9 Å². The van der Waals surface area contributed by atoms with Gasteiger partial charge in [0.15, 0.2) is 0 Å². The number of ether oxygens (including phenoxy) is 1. The average molecular weight is 369 g/mol. The van der Waals surface area contributed by atoms with Gasteiger partial charge in [0.05, 0.1) is 19.0 Å². The van der Waals surface area contributed by atoms with Crippen molar-refractivity contribution in [3.8, 4) is 5.75 Å². The third-order valence-electron chi connectivity index (χ3n) is 3.67. The Bertz CT molecular complexity index is 988. The van der Waals surface area contributed by atoms with E-state index in [1.165, 1.54) is 7.11 Å². The van der Waals surface area contributed by atoms with Crippen molar-refractivity contribution in [2.24, 2.45) is 0 Å². The number of aromatic nitrogens is 1. The van der Waals surface area contributed by atoms with E-state index in [1.807, 2.05) is 37.3 Å². The molecule has 1 heterocycles. The number of methoxy groups -OCH3 is 1. The Hall–Kier alpha value is -3.06. The molecule has 1 aromatic heterocycles. The number of pyridine rings is 1. The summed E-state index contributed by atoms with van der Waals surface area (Å²) in [6.45, 7) is 1.82. The van der Waals surface area contributed by atoms with Crippen LogP contribution in [0.3, 0.4) is 0 Å². The topological polar surface area (TPSA) is 80.3 Å². The predicted molar refractivity (Wildman–Crippen MR) is 103 cm³/mol. The van der Waals surface area contributed by atoms with Crippen LogP contribution in [-0.4, -0.2) is 20.5 Å². The van der Waals surface area contributed by atoms with Gasteiger partial charge in [-0.3, -0.25) is 4.72 Å². The normalized spacial score (nSPS) is 11.0. The Morgan fingerprint density at radius 2 is 1.73 bits per heavy atom. The molecule has 0 unspecified atom stereocenters. The lowest BCUT2D eigenvalue weighted by atomic mass is 10.2. The van der Waals surface area contributed by atoms with Gasteiger partial charge in [0, 0.05) is 5.69 Å². The number of sulfonamides is 1. The number of nitrogens with one attached hydrogen (secondary N) is 2. The fourth-order valence-electron chi connectivity index (χ4n) is 2.40. The summed E-state index contributed by atoms with van der Waals surface area (Å²) in [5.74, 6) is 0.512. The van der Waals surface area contributed by atoms with E-state index < -0.39 is 10.0 Å². The molecular weight excluding hydrogens is 350 g/mol. The zero-order valence-electron chi connectivity index (χ0n) is 14.4. The summed E-state index contributed by atoms with van der Waals surface area (Å²) in [5.41, 5.74) is 2.50. The van der Waals surface area contributed by atoms with Crippen LogP contribution in [0.25, 0.3) is 0 Å². The zero-order valence-corrected chi connectivity index (χ0v) is 15.2. The lowest BCUT2D eigenvalue weighted by Crippen LogP contribution is -2.15. The van der Waals surface area contributed by atoms with Crippen molar-refractivity contribution < 1.29 is 13.2 Å². The highest BCUT2D eigenvalue weighted by Crippen LogP contribution is 2.26. The van der Waals surface area contributed by atoms with Crippen molar-refractivity contribution in [3.05, 3.63) is 72.4 Å². The first-order valence-corrected chi connectivity index (χ1v) is 9.42. The Balaban J connectivity index is 1.79. The summed E-state index contributed by atoms with van der Waals surface area (Å²) in [4.78, 5) is 4.25. The van der Waals surface area contributed by atoms with Crippen molar-refractivity contribution in [2.45, 2.75) is 11.8 Å². The van der Waals surface area contributed by atoms with E-state index in [4.69, 9.17) is 4.74 Å². The molecule has 0 fully saturated rings. The molecule has 0 amide bonds. The Morgan fingerprint density at radius 3 is 2.38 bits per heavy atom. The number of rotatable bonds is 6. The molecule has 0 bridgehead atoms. The summed E-state index contributed by atoms with van der Waals surface area (Å²) >= 11 is 0. The van der Waals surface area contributed by atoms with E-state index >= 15 is 0 Å². The van der Waals surface area contributed by atoms with E-state index in [9.17, 15) is 8.42 Å². The number of para-hydroxylation sites is 1. The minimum Gasteiger partial charge on any atom is -0.495 e. The van der Waals surface area contributed by atoms with Crippen molar-refractivity contribution in [1.29, 1.82) is 0 Å². The van der Waals surface area contributed by atoms with Crippen molar-refractivity contribution >= 4 is 27.2 Å². The lowest BCUT2D eigenvalue weighted by Gasteiger charge is -2.12. The maximum atomic E-state index is 12.7. The Kier molecular flexibility index (Phi) is 5.09. The molecule has 0 radical (unpaired) electrons. The molecule has 3 rings (SSSR count). The third kappa shape index (κ3) is 4.12. The quantitative estimate of drug-likeness (QED) is 0.688. The molecule has 0 saturated carbocycles. The van der Waals surface area contributed by atoms with Crippen molar-refractivity contribution in [3.63, 3.8) is 0 Å². The summed E-state index contributed by atoms with van der Waals surface area (Å²) in [7, 11) is -2.37. The second kappa shape index (κ2) is 7.45. The fourth-order valence-corrected chi connectivity index (χ4v) is 3.67. The van der Waals surface area contributed by atoms with Crippen LogP contribution in [0.2, 0.25) is 0 Å². The highest BCUT2D eigenvalue weighted by molar-refractivity contribution is 7.92. The van der Waals surface area contributed by atoms with Gasteiger partial charge in [-0.25, -0.2) is 13.4 Å². The minimum absolute atomic E-state index is 0.0771. The molecule has 2 aromatic carbocycles. The molecule has 6 nitrogen and oxygen atoms in total. The molecule has 0 atom stereocenters. The molecule has 0 aliphatic rings. The summed E-state index contributed by atoms with van der Waals surface area (Å²) < 4.78 is 33.0. The van der Waals surface area contributed by atoms with Crippen LogP contribution in [0.15, 0.2) is 71.8 Å². The molecular formula is C19H19N3O3S. The Morgan fingerprint density at radius 1 is 0.962 bits per heavy atom. The highest BCUT2D eigenvalue weighted by atomic mass is 32.2. The van der Waals surface area contributed by atoms with Gasteiger partial charge in [-0.15, -0.1) is 0 Å². The van der Waals surface area contributed by atoms with E-state index in [0.29, 0.717) is 0 Å². The van der Waals surface area contributed by atoms with Gasteiger partial charge in [-0.1, -0.05) is 24.3 Å². The van der Waals surface area contributed by atoms with Crippen molar-refractivity contribution in [1.82, 2.24) is 4.98 Å². The van der Waals surface area contributed by atoms with E-state index in [-0.39, 0.29) is 16.5 Å². The molecule has 0 saturated heterocycles. The molecule has 3 aromatic rings. The van der Waals surface area contributed by atoms with Gasteiger partial charge in [-0.2, -0.15) is 0 Å². The maximum Gasteiger partial charge on any atom is 0.266 e. The van der Waals surface area contributed by atoms with Gasteiger partial charge in [0.25, 0.3) is 10.0 Å². The van der Waals surface area contributed by atoms with Crippen LogP contribution in [0.5, 0.6) is 5.75 Å². The molecule has 134 valence electrons. The number of hydrogen-bond acceptors (Lipinski definition) is 5. The molecule has 26 heavy (non-hydrogen) atoms. The van der Waals surface area contributed by atoms with Gasteiger partial charge in [0.1, 0.15) is 16.5 Å². The SMILES string of the molecule is COc1ccc(C)cc1S(=O)(=O)Nc1ccc(Nc2ccccc2)cn1. The van der Waals surface area contributed by atoms with Gasteiger partial charge in [0.2, 0.25) is 0 Å². The predicted octanol–water partition coefficient (Wildman–Crippen LogP) is 3.94. The second-order valence-electron chi connectivity index (χ2n) is 5.68. The molecule has 2 N–H and O–H groups in total. The van der Waals surface area contributed by atoms with Gasteiger partial charge < -0.3 is 10.1 Å². The number of benzene rings is 2. The first kappa shape index (κ1) is 17.8. The van der Waals surface area contributed by atoms with Crippen LogP contribution in [-0.2, 0) is 10.0 Å². The van der Waals surface area contributed by atoms with Crippen LogP contribution in [0, 0.1) is 6.92 Å². The number of anilines is 3. The van der Waals surface area contributed by atoms with E-state index in [2.05, 4.69) is 15.0 Å². The van der Waals surface area contributed by atoms with Crippen LogP contribution >= 0.6 is 0 Å². The minimum atomic E-state index is -3.81. The van der Waals surface area contributed by atoms with Crippen molar-refractivity contribution in [2.75, 3.05) is 17.1 Å². The molecule has 0 aliphatic carbocycles. The number of aryl methyl sites for hydroxylation is 1. The zero-order chi connectivity index (χ0) is 18.6. The van der Waals surface area contributed by atoms with Crippen LogP contribution < -0.4 is 14.8 Å². The second-order valence-corrected chi connectivity index (χ2v) is 7.33. The monoisotopic (exact) mass is 369 g/mol. The summed E-state index contributed by atoms with van der Waals surface area (Å²) in [6, 6.07) is 18.0. The first-order chi connectivity index (χ1) is 12.5. The molecule has 7 heteroatoms. The fraction of sp³-hybridized carbons (Fsp3) is 0.105. The van der Waals surface area contributed by atoms with Crippen LogP contribution in [0.1, 0.15) is 5.56 Å². The smallest absolute Gasteiger partial charge is 0.266 e. The highest BCUT2D eigenvalue weighted by Gasteiger charge is 2.20. The third-order valence-corrected chi connectivity index (χ3v) is 5.05. The standard InChI is InChI=1S/C19H19N3O3S/c1-14-8-10-17(25-2)18(12-14)26(23,24)22-19-11-9-16(13-20-19)21-15-6-4-3-5-7-15/h3-13,21H,1-2H3,(H,20,22). The first-order valence-electron chi connectivity index (χ1n) is 7.93. The van der Waals surface area contributed by atoms with Gasteiger partial charge >= 0.3 is 0 Å². The number of nitrogens with zero attached hydrogens (tertiary/aromatic N) is 1. The van der Waals surface area contributed by atoms with E-state index in [0.717, 1.165) is 16.9 Å². The van der Waals surface area contributed by atoms with E-state index in [1.54, 1.807) is 36.5 Å². The number of hydrogen-bond donors (Lipinski definition) is 2. The maximum absolute atomic E-state index is 12.7. The molecule has 0 spiro atoms. The molecule has 0 aliphatic heterocycles. The Labute approximate surface area is 152 Å².